The van der Waals surface area contributed by atoms with Gasteiger partial charge in [0, 0.05) is 5.56 Å². The number of hydrogen-bond acceptors (Lipinski definition) is 3. The van der Waals surface area contributed by atoms with Crippen LogP contribution in [0.2, 0.25) is 0 Å². The number of hydrogen-bond donors (Lipinski definition) is 1. The summed E-state index contributed by atoms with van der Waals surface area (Å²) in [6.45, 7) is 5.63. The van der Waals surface area contributed by atoms with Gasteiger partial charge in [0.25, 0.3) is 5.91 Å². The van der Waals surface area contributed by atoms with E-state index in [0.29, 0.717) is 0 Å². The first kappa shape index (κ1) is 16.9. The minimum absolute atomic E-state index is 0.161. The van der Waals surface area contributed by atoms with Crippen LogP contribution < -0.4 is 14.8 Å². The van der Waals surface area contributed by atoms with Crippen LogP contribution in [0.3, 0.4) is 0 Å². The molecule has 0 aromatic heterocycles. The first-order valence-corrected chi connectivity index (χ1v) is 7.68. The molecule has 2 aromatic rings. The molecule has 122 valence electrons. The number of methoxy groups -OCH3 is 1. The third kappa shape index (κ3) is 4.25. The van der Waals surface area contributed by atoms with Gasteiger partial charge in [-0.15, -0.1) is 0 Å². The zero-order valence-electron chi connectivity index (χ0n) is 14.0. The van der Waals surface area contributed by atoms with Crippen LogP contribution in [-0.4, -0.2) is 19.1 Å². The highest BCUT2D eigenvalue weighted by Gasteiger charge is 2.19. The van der Waals surface area contributed by atoms with Crippen LogP contribution in [-0.2, 0) is 4.79 Å². The Balaban J connectivity index is 2.02. The summed E-state index contributed by atoms with van der Waals surface area (Å²) in [6, 6.07) is 15.1. The Labute approximate surface area is 137 Å². The number of carbonyl (C=O) groups is 1. The van der Waals surface area contributed by atoms with Crippen molar-refractivity contribution >= 4 is 5.91 Å². The fourth-order valence-electron chi connectivity index (χ4n) is 2.37. The minimum Gasteiger partial charge on any atom is -0.496 e. The summed E-state index contributed by atoms with van der Waals surface area (Å²) in [5.74, 6) is 1.32. The molecule has 0 radical (unpaired) electrons. The Kier molecular flexibility index (Phi) is 5.63. The van der Waals surface area contributed by atoms with E-state index in [1.54, 1.807) is 14.0 Å². The lowest BCUT2D eigenvalue weighted by Gasteiger charge is -2.21. The van der Waals surface area contributed by atoms with Crippen LogP contribution in [0.5, 0.6) is 11.5 Å². The first-order chi connectivity index (χ1) is 11.0. The molecular formula is C19H23NO3. The fourth-order valence-corrected chi connectivity index (χ4v) is 2.37. The van der Waals surface area contributed by atoms with E-state index < -0.39 is 6.10 Å². The summed E-state index contributed by atoms with van der Waals surface area (Å²) >= 11 is 0. The molecule has 2 rings (SSSR count). The maximum absolute atomic E-state index is 12.4. The number of benzene rings is 2. The van der Waals surface area contributed by atoms with Gasteiger partial charge in [-0.3, -0.25) is 4.79 Å². The van der Waals surface area contributed by atoms with E-state index in [2.05, 4.69) is 5.32 Å². The molecule has 4 heteroatoms. The molecule has 23 heavy (non-hydrogen) atoms. The average molecular weight is 313 g/mol. The molecule has 0 heterocycles. The molecule has 0 fully saturated rings. The second kappa shape index (κ2) is 7.68. The molecule has 0 unspecified atom stereocenters. The Bertz CT molecular complexity index is 669. The maximum Gasteiger partial charge on any atom is 0.261 e. The number of aryl methyl sites for hydroxylation is 1. The zero-order chi connectivity index (χ0) is 16.8. The van der Waals surface area contributed by atoms with Crippen LogP contribution in [0.4, 0.5) is 0 Å². The molecule has 4 nitrogen and oxygen atoms in total. The molecule has 0 aliphatic rings. The molecule has 1 amide bonds. The molecular weight excluding hydrogens is 290 g/mol. The summed E-state index contributed by atoms with van der Waals surface area (Å²) in [7, 11) is 1.62. The molecule has 0 aliphatic carbocycles. The number of rotatable bonds is 6. The van der Waals surface area contributed by atoms with Gasteiger partial charge in [-0.25, -0.2) is 0 Å². The van der Waals surface area contributed by atoms with E-state index in [0.717, 1.165) is 22.6 Å². The van der Waals surface area contributed by atoms with Gasteiger partial charge < -0.3 is 14.8 Å². The molecule has 0 aliphatic heterocycles. The summed E-state index contributed by atoms with van der Waals surface area (Å²) in [5.41, 5.74) is 1.94. The van der Waals surface area contributed by atoms with E-state index in [9.17, 15) is 4.79 Å². The number of carbonyl (C=O) groups excluding carboxylic acids is 1. The summed E-state index contributed by atoms with van der Waals surface area (Å²) in [5, 5.41) is 2.97. The highest BCUT2D eigenvalue weighted by Crippen LogP contribution is 2.24. The van der Waals surface area contributed by atoms with E-state index in [1.807, 2.05) is 62.4 Å². The third-order valence-corrected chi connectivity index (χ3v) is 3.73. The van der Waals surface area contributed by atoms with E-state index in [-0.39, 0.29) is 11.9 Å². The van der Waals surface area contributed by atoms with Crippen LogP contribution in [0.15, 0.2) is 48.5 Å². The molecule has 0 bridgehead atoms. The lowest BCUT2D eigenvalue weighted by atomic mass is 10.1. The predicted octanol–water partition coefficient (Wildman–Crippen LogP) is 3.65. The van der Waals surface area contributed by atoms with E-state index >= 15 is 0 Å². The number of nitrogens with one attached hydrogen (secondary N) is 1. The monoisotopic (exact) mass is 313 g/mol. The van der Waals surface area contributed by atoms with Crippen molar-refractivity contribution in [1.82, 2.24) is 5.32 Å². The van der Waals surface area contributed by atoms with Gasteiger partial charge in [0.05, 0.1) is 13.2 Å². The van der Waals surface area contributed by atoms with Crippen LogP contribution in [0.25, 0.3) is 0 Å². The molecule has 1 N–H and O–H groups in total. The molecule has 0 saturated carbocycles. The second-order valence-corrected chi connectivity index (χ2v) is 5.50. The van der Waals surface area contributed by atoms with Gasteiger partial charge in [0.1, 0.15) is 11.5 Å². The Hall–Kier alpha value is -2.49. The molecule has 2 aromatic carbocycles. The Morgan fingerprint density at radius 3 is 2.26 bits per heavy atom. The van der Waals surface area contributed by atoms with Crippen molar-refractivity contribution < 1.29 is 14.3 Å². The zero-order valence-corrected chi connectivity index (χ0v) is 14.0. The normalized spacial score (nSPS) is 13.0. The topological polar surface area (TPSA) is 47.6 Å². The van der Waals surface area contributed by atoms with E-state index in [1.165, 1.54) is 0 Å². The first-order valence-electron chi connectivity index (χ1n) is 7.68. The highest BCUT2D eigenvalue weighted by molar-refractivity contribution is 5.81. The number of para-hydroxylation sites is 2. The maximum atomic E-state index is 12.4. The lowest BCUT2D eigenvalue weighted by Crippen LogP contribution is -2.38. The summed E-state index contributed by atoms with van der Waals surface area (Å²) in [4.78, 5) is 12.4. The average Bonchev–Trinajstić information content (AvgIpc) is 2.56. The quantitative estimate of drug-likeness (QED) is 0.885. The van der Waals surface area contributed by atoms with Gasteiger partial charge in [-0.1, -0.05) is 36.4 Å². The molecule has 2 atom stereocenters. The molecule has 0 spiro atoms. The molecule has 0 saturated heterocycles. The van der Waals surface area contributed by atoms with Gasteiger partial charge in [0.15, 0.2) is 6.10 Å². The van der Waals surface area contributed by atoms with Crippen molar-refractivity contribution in [2.24, 2.45) is 0 Å². The second-order valence-electron chi connectivity index (χ2n) is 5.50. The van der Waals surface area contributed by atoms with Crippen LogP contribution in [0.1, 0.15) is 31.0 Å². The van der Waals surface area contributed by atoms with Crippen LogP contribution >= 0.6 is 0 Å². The smallest absolute Gasteiger partial charge is 0.261 e. The Morgan fingerprint density at radius 1 is 1.00 bits per heavy atom. The van der Waals surface area contributed by atoms with Crippen molar-refractivity contribution in [2.75, 3.05) is 7.11 Å². The van der Waals surface area contributed by atoms with Crippen molar-refractivity contribution in [3.63, 3.8) is 0 Å². The van der Waals surface area contributed by atoms with Crippen molar-refractivity contribution in [2.45, 2.75) is 32.9 Å². The Morgan fingerprint density at radius 2 is 1.61 bits per heavy atom. The summed E-state index contributed by atoms with van der Waals surface area (Å²) < 4.78 is 11.1. The largest absolute Gasteiger partial charge is 0.496 e. The van der Waals surface area contributed by atoms with Gasteiger partial charge >= 0.3 is 0 Å². The number of ether oxygens (including phenoxy) is 2. The van der Waals surface area contributed by atoms with Crippen molar-refractivity contribution in [1.29, 1.82) is 0 Å². The van der Waals surface area contributed by atoms with Gasteiger partial charge in [0.2, 0.25) is 0 Å². The summed E-state index contributed by atoms with van der Waals surface area (Å²) in [6.07, 6.45) is -0.576. The number of amides is 1. The van der Waals surface area contributed by atoms with Gasteiger partial charge in [-0.2, -0.15) is 0 Å². The van der Waals surface area contributed by atoms with Crippen molar-refractivity contribution in [3.05, 3.63) is 59.7 Å². The fraction of sp³-hybridized carbons (Fsp3) is 0.316. The predicted molar refractivity (Wildman–Crippen MR) is 90.8 cm³/mol. The van der Waals surface area contributed by atoms with Crippen LogP contribution in [0, 0.1) is 6.92 Å². The SMILES string of the molecule is COc1ccccc1[C@@H](C)NC(=O)[C@@H](C)Oc1ccccc1C. The van der Waals surface area contributed by atoms with Gasteiger partial charge in [-0.05, 0) is 38.5 Å². The third-order valence-electron chi connectivity index (χ3n) is 3.73. The van der Waals surface area contributed by atoms with Crippen molar-refractivity contribution in [3.8, 4) is 11.5 Å². The minimum atomic E-state index is -0.576. The highest BCUT2D eigenvalue weighted by atomic mass is 16.5. The lowest BCUT2D eigenvalue weighted by molar-refractivity contribution is -0.127. The van der Waals surface area contributed by atoms with E-state index in [4.69, 9.17) is 9.47 Å². The standard InChI is InChI=1S/C19H23NO3/c1-13-9-5-7-11-17(13)23-15(3)19(21)20-14(2)16-10-6-8-12-18(16)22-4/h5-12,14-15H,1-4H3,(H,20,21)/t14-,15-/m1/s1.